The molecule has 0 bridgehead atoms. The molecular weight excluding hydrogens is 797 g/mol. The van der Waals surface area contributed by atoms with Crippen LogP contribution in [0.2, 0.25) is 0 Å². The van der Waals surface area contributed by atoms with E-state index < -0.39 is 0 Å². The molecule has 1 unspecified atom stereocenters. The third kappa shape index (κ3) is 4.61. The number of aryl methyl sites for hydroxylation is 1. The summed E-state index contributed by atoms with van der Waals surface area (Å²) in [5.74, 6) is 1.03. The molecule has 0 amide bonds. The fourth-order valence-corrected chi connectivity index (χ4v) is 12.7. The van der Waals surface area contributed by atoms with Crippen molar-refractivity contribution in [2.24, 2.45) is 0 Å². The topological polar surface area (TPSA) is 35.1 Å². The molecule has 0 radical (unpaired) electrons. The second-order valence-electron chi connectivity index (χ2n) is 17.5. The van der Waals surface area contributed by atoms with Gasteiger partial charge in [-0.3, -0.25) is 4.57 Å². The van der Waals surface area contributed by atoms with Gasteiger partial charge in [0, 0.05) is 64.7 Å². The highest BCUT2D eigenvalue weighted by Gasteiger charge is 2.30. The number of rotatable bonds is 5. The van der Waals surface area contributed by atoms with E-state index in [1.54, 1.807) is 11.3 Å². The van der Waals surface area contributed by atoms with Crippen molar-refractivity contribution in [3.8, 4) is 28.3 Å². The fourth-order valence-electron chi connectivity index (χ4n) is 11.6. The van der Waals surface area contributed by atoms with Gasteiger partial charge in [0.15, 0.2) is 0 Å². The molecule has 0 spiro atoms. The van der Waals surface area contributed by atoms with E-state index in [2.05, 4.69) is 197 Å². The standard InChI is InChI=1S/C59H36N4S/c1-2-14-34(15-3-1)26-29-40-38-18-6-7-19-39(38)46-32-36(28-30-41(40)46)55-54-44-22-10-13-25-51(44)64-58(54)61-59(60-55)62-49-24-12-9-21-43(49)52-50(62)33-47-42-20-8-11-23-48(42)63-56-37-17-5-4-16-35(37)27-31-45(56)53(52)57(47)63/h1-25,27-28,30-33,40H,26,29H2. The van der Waals surface area contributed by atoms with E-state index in [1.807, 2.05) is 0 Å². The summed E-state index contributed by atoms with van der Waals surface area (Å²) in [6.07, 6.45) is 2.10. The van der Waals surface area contributed by atoms with Gasteiger partial charge in [-0.15, -0.1) is 11.3 Å². The summed E-state index contributed by atoms with van der Waals surface area (Å²) in [7, 11) is 0. The molecule has 0 N–H and O–H groups in total. The second-order valence-corrected chi connectivity index (χ2v) is 18.6. The fraction of sp³-hybridized carbons (Fsp3) is 0.0508. The zero-order valence-corrected chi connectivity index (χ0v) is 35.4. The summed E-state index contributed by atoms with van der Waals surface area (Å²) < 4.78 is 6.09. The zero-order valence-electron chi connectivity index (χ0n) is 34.6. The molecule has 1 aliphatic carbocycles. The van der Waals surface area contributed by atoms with Crippen LogP contribution in [-0.4, -0.2) is 18.9 Å². The van der Waals surface area contributed by atoms with E-state index in [0.29, 0.717) is 11.9 Å². The van der Waals surface area contributed by atoms with Crippen LogP contribution in [0, 0.1) is 0 Å². The number of aromatic nitrogens is 4. The number of hydrogen-bond donors (Lipinski definition) is 0. The smallest absolute Gasteiger partial charge is 0.236 e. The lowest BCUT2D eigenvalue weighted by molar-refractivity contribution is 0.729. The lowest BCUT2D eigenvalue weighted by Gasteiger charge is -2.15. The van der Waals surface area contributed by atoms with Crippen molar-refractivity contribution >= 4 is 102 Å². The van der Waals surface area contributed by atoms with Crippen molar-refractivity contribution in [2.75, 3.05) is 0 Å². The van der Waals surface area contributed by atoms with Crippen molar-refractivity contribution < 1.29 is 0 Å². The average molecular weight is 833 g/mol. The molecule has 5 heteroatoms. The molecule has 298 valence electrons. The normalized spacial score (nSPS) is 13.9. The number of para-hydroxylation sites is 2. The Kier molecular flexibility index (Phi) is 6.97. The molecule has 5 aromatic heterocycles. The maximum Gasteiger partial charge on any atom is 0.236 e. The van der Waals surface area contributed by atoms with Crippen LogP contribution >= 0.6 is 11.3 Å². The predicted octanol–water partition coefficient (Wildman–Crippen LogP) is 15.7. The van der Waals surface area contributed by atoms with Gasteiger partial charge < -0.3 is 4.40 Å². The highest BCUT2D eigenvalue weighted by Crippen LogP contribution is 2.51. The molecule has 0 saturated carbocycles. The molecule has 64 heavy (non-hydrogen) atoms. The Morgan fingerprint density at radius 1 is 0.469 bits per heavy atom. The Bertz CT molecular complexity index is 4270. The van der Waals surface area contributed by atoms with Crippen LogP contribution < -0.4 is 0 Å². The van der Waals surface area contributed by atoms with Crippen LogP contribution in [0.25, 0.3) is 119 Å². The highest BCUT2D eigenvalue weighted by molar-refractivity contribution is 7.25. The SMILES string of the molecule is c1ccc(CCC2c3ccccc3-c3cc(-c4nc(-n5c6ccccc6c6c7c8ccc9ccccc9c8n8c9ccccc9c(cc65)c78)nc5sc6ccccc6c45)ccc32)cc1. The molecule has 0 saturated heterocycles. The first-order valence-electron chi connectivity index (χ1n) is 22.3. The Hall–Kier alpha value is -7.86. The van der Waals surface area contributed by atoms with Crippen LogP contribution in [0.1, 0.15) is 29.0 Å². The summed E-state index contributed by atoms with van der Waals surface area (Å²) >= 11 is 1.76. The van der Waals surface area contributed by atoms with Crippen LogP contribution in [0.15, 0.2) is 188 Å². The summed E-state index contributed by atoms with van der Waals surface area (Å²) in [5.41, 5.74) is 14.9. The monoisotopic (exact) mass is 832 g/mol. The van der Waals surface area contributed by atoms with Crippen LogP contribution in [0.5, 0.6) is 0 Å². The van der Waals surface area contributed by atoms with Gasteiger partial charge >= 0.3 is 0 Å². The molecule has 0 fully saturated rings. The van der Waals surface area contributed by atoms with E-state index in [1.165, 1.54) is 97.5 Å². The summed E-state index contributed by atoms with van der Waals surface area (Å²) in [4.78, 5) is 12.3. The van der Waals surface area contributed by atoms with Gasteiger partial charge in [0.1, 0.15) is 4.83 Å². The van der Waals surface area contributed by atoms with E-state index >= 15 is 0 Å². The molecule has 1 atom stereocenters. The van der Waals surface area contributed by atoms with Crippen molar-refractivity contribution in [1.29, 1.82) is 0 Å². The molecule has 14 aromatic rings. The Labute approximate surface area is 371 Å². The van der Waals surface area contributed by atoms with E-state index in [-0.39, 0.29) is 0 Å². The maximum atomic E-state index is 5.75. The van der Waals surface area contributed by atoms with Crippen molar-refractivity contribution in [1.82, 2.24) is 18.9 Å². The largest absolute Gasteiger partial charge is 0.307 e. The van der Waals surface area contributed by atoms with Crippen molar-refractivity contribution in [2.45, 2.75) is 18.8 Å². The quantitative estimate of drug-likeness (QED) is 0.173. The van der Waals surface area contributed by atoms with Gasteiger partial charge in [0.05, 0.1) is 33.3 Å². The number of fused-ring (bicyclic) bond motifs is 18. The van der Waals surface area contributed by atoms with Gasteiger partial charge in [-0.1, -0.05) is 158 Å². The summed E-state index contributed by atoms with van der Waals surface area (Å²) in [6.45, 7) is 0. The summed E-state index contributed by atoms with van der Waals surface area (Å²) in [5, 5.41) is 12.3. The van der Waals surface area contributed by atoms with Gasteiger partial charge in [0.2, 0.25) is 5.95 Å². The molecule has 9 aromatic carbocycles. The minimum absolute atomic E-state index is 0.337. The number of benzene rings is 9. The van der Waals surface area contributed by atoms with Gasteiger partial charge in [-0.05, 0) is 76.4 Å². The minimum Gasteiger partial charge on any atom is -0.307 e. The van der Waals surface area contributed by atoms with Crippen LogP contribution in [0.3, 0.4) is 0 Å². The number of thiophene rings is 1. The maximum absolute atomic E-state index is 5.75. The third-order valence-corrected chi connectivity index (χ3v) is 15.4. The van der Waals surface area contributed by atoms with Gasteiger partial charge in [-0.2, -0.15) is 0 Å². The highest BCUT2D eigenvalue weighted by atomic mass is 32.1. The number of nitrogens with zero attached hydrogens (tertiary/aromatic N) is 4. The first-order valence-corrected chi connectivity index (χ1v) is 23.1. The molecule has 5 heterocycles. The molecule has 4 nitrogen and oxygen atoms in total. The molecule has 15 rings (SSSR count). The third-order valence-electron chi connectivity index (χ3n) is 14.3. The zero-order chi connectivity index (χ0) is 41.6. The Morgan fingerprint density at radius 3 is 2.11 bits per heavy atom. The van der Waals surface area contributed by atoms with Crippen LogP contribution in [0.4, 0.5) is 0 Å². The van der Waals surface area contributed by atoms with Crippen LogP contribution in [-0.2, 0) is 6.42 Å². The Morgan fingerprint density at radius 2 is 1.20 bits per heavy atom. The molecule has 0 aliphatic heterocycles. The second kappa shape index (κ2) is 12.9. The molecular formula is C59H36N4S. The summed E-state index contributed by atoms with van der Waals surface area (Å²) in [6, 6.07) is 69.4. The average Bonchev–Trinajstić information content (AvgIpc) is 4.15. The predicted molar refractivity (Wildman–Crippen MR) is 269 cm³/mol. The Balaban J connectivity index is 1.02. The van der Waals surface area contributed by atoms with Crippen molar-refractivity contribution in [3.63, 3.8) is 0 Å². The lowest BCUT2D eigenvalue weighted by atomic mass is 9.90. The first kappa shape index (κ1) is 34.7. The van der Waals surface area contributed by atoms with Crippen molar-refractivity contribution in [3.05, 3.63) is 205 Å². The molecule has 1 aliphatic rings. The van der Waals surface area contributed by atoms with E-state index in [0.717, 1.165) is 45.3 Å². The first-order chi connectivity index (χ1) is 31.8. The van der Waals surface area contributed by atoms with Gasteiger partial charge in [-0.25, -0.2) is 9.97 Å². The lowest BCUT2D eigenvalue weighted by Crippen LogP contribution is -2.03. The number of hydrogen-bond acceptors (Lipinski definition) is 3. The van der Waals surface area contributed by atoms with Gasteiger partial charge in [0.25, 0.3) is 0 Å². The van der Waals surface area contributed by atoms with E-state index in [4.69, 9.17) is 9.97 Å². The van der Waals surface area contributed by atoms with E-state index in [9.17, 15) is 0 Å². The minimum atomic E-state index is 0.337.